The zero-order valence-corrected chi connectivity index (χ0v) is 11.4. The smallest absolute Gasteiger partial charge is 0.271 e. The first-order chi connectivity index (χ1) is 9.00. The number of nitro groups is 1. The number of non-ortho nitro benzene ring substituents is 1. The Kier molecular flexibility index (Phi) is 6.08. The van der Waals surface area contributed by atoms with Crippen molar-refractivity contribution in [3.8, 4) is 0 Å². The van der Waals surface area contributed by atoms with Crippen LogP contribution < -0.4 is 11.1 Å². The molecule has 0 aliphatic heterocycles. The van der Waals surface area contributed by atoms with Crippen LogP contribution in [0, 0.1) is 16.0 Å². The third-order valence-corrected chi connectivity index (χ3v) is 2.48. The molecule has 0 unspecified atom stereocenters. The highest BCUT2D eigenvalue weighted by atomic mass is 16.6. The second kappa shape index (κ2) is 7.58. The molecule has 6 nitrogen and oxygen atoms in total. The topological polar surface area (TPSA) is 90.4 Å². The molecule has 3 N–H and O–H groups in total. The lowest BCUT2D eigenvalue weighted by Gasteiger charge is -2.10. The molecule has 0 radical (unpaired) electrons. The summed E-state index contributed by atoms with van der Waals surface area (Å²) in [4.78, 5) is 10.1. The minimum absolute atomic E-state index is 0.00307. The number of nitrogens with two attached hydrogens (primary N) is 1. The van der Waals surface area contributed by atoms with Gasteiger partial charge in [0.25, 0.3) is 5.69 Å². The second-order valence-electron chi connectivity index (χ2n) is 4.78. The molecule has 0 heterocycles. The number of hydrogen-bond acceptors (Lipinski definition) is 5. The number of nitrogen functional groups attached to an aromatic ring is 1. The van der Waals surface area contributed by atoms with Gasteiger partial charge in [-0.2, -0.15) is 0 Å². The number of benzene rings is 1. The first-order valence-corrected chi connectivity index (χ1v) is 6.36. The monoisotopic (exact) mass is 267 g/mol. The average Bonchev–Trinajstić information content (AvgIpc) is 2.34. The van der Waals surface area contributed by atoms with E-state index in [1.165, 1.54) is 12.1 Å². The molecule has 0 aliphatic rings. The van der Waals surface area contributed by atoms with Crippen LogP contribution in [0.2, 0.25) is 0 Å². The predicted octanol–water partition coefficient (Wildman–Crippen LogP) is 2.65. The van der Waals surface area contributed by atoms with Gasteiger partial charge in [0, 0.05) is 31.9 Å². The number of rotatable bonds is 8. The molecular weight excluding hydrogens is 246 g/mol. The van der Waals surface area contributed by atoms with E-state index in [4.69, 9.17) is 10.5 Å². The van der Waals surface area contributed by atoms with Gasteiger partial charge in [-0.15, -0.1) is 0 Å². The lowest BCUT2D eigenvalue weighted by Crippen LogP contribution is -2.09. The van der Waals surface area contributed by atoms with Gasteiger partial charge in [0.2, 0.25) is 0 Å². The molecular formula is C13H21N3O3. The fourth-order valence-corrected chi connectivity index (χ4v) is 1.54. The van der Waals surface area contributed by atoms with Gasteiger partial charge in [-0.05, 0) is 18.4 Å². The normalized spacial score (nSPS) is 10.7. The van der Waals surface area contributed by atoms with E-state index in [1.807, 2.05) is 0 Å². The molecule has 0 aliphatic carbocycles. The van der Waals surface area contributed by atoms with Crippen LogP contribution in [0.3, 0.4) is 0 Å². The van der Waals surface area contributed by atoms with E-state index in [0.717, 1.165) is 25.3 Å². The predicted molar refractivity (Wildman–Crippen MR) is 76.3 cm³/mol. The molecule has 1 rings (SSSR count). The summed E-state index contributed by atoms with van der Waals surface area (Å²) in [5.41, 5.74) is 6.85. The van der Waals surface area contributed by atoms with Crippen LogP contribution in [0.25, 0.3) is 0 Å². The molecule has 6 heteroatoms. The Morgan fingerprint density at radius 3 is 2.79 bits per heavy atom. The molecule has 0 spiro atoms. The van der Waals surface area contributed by atoms with E-state index in [2.05, 4.69) is 19.2 Å². The van der Waals surface area contributed by atoms with Gasteiger partial charge in [0.05, 0.1) is 16.3 Å². The van der Waals surface area contributed by atoms with Gasteiger partial charge < -0.3 is 15.8 Å². The van der Waals surface area contributed by atoms with Crippen molar-refractivity contribution in [1.82, 2.24) is 0 Å². The van der Waals surface area contributed by atoms with E-state index in [-0.39, 0.29) is 5.69 Å². The zero-order chi connectivity index (χ0) is 14.3. The summed E-state index contributed by atoms with van der Waals surface area (Å²) in [7, 11) is 0. The van der Waals surface area contributed by atoms with E-state index in [9.17, 15) is 10.1 Å². The SMILES string of the molecule is CC(C)COCCCNc1ccc([N+](=O)[O-])cc1N. The molecule has 1 aromatic carbocycles. The van der Waals surface area contributed by atoms with E-state index < -0.39 is 4.92 Å². The van der Waals surface area contributed by atoms with Gasteiger partial charge in [-0.3, -0.25) is 10.1 Å². The number of nitrogens with zero attached hydrogens (tertiary/aromatic N) is 1. The summed E-state index contributed by atoms with van der Waals surface area (Å²) < 4.78 is 5.45. The van der Waals surface area contributed by atoms with Crippen LogP contribution >= 0.6 is 0 Å². The van der Waals surface area contributed by atoms with Gasteiger partial charge in [0.15, 0.2) is 0 Å². The van der Waals surface area contributed by atoms with Crippen molar-refractivity contribution >= 4 is 17.1 Å². The Balaban J connectivity index is 2.32. The first kappa shape index (κ1) is 15.2. The number of hydrogen-bond donors (Lipinski definition) is 2. The Morgan fingerprint density at radius 1 is 1.47 bits per heavy atom. The fourth-order valence-electron chi connectivity index (χ4n) is 1.54. The van der Waals surface area contributed by atoms with Gasteiger partial charge in [0.1, 0.15) is 0 Å². The summed E-state index contributed by atoms with van der Waals surface area (Å²) in [6.07, 6.45) is 0.864. The van der Waals surface area contributed by atoms with Crippen molar-refractivity contribution in [2.75, 3.05) is 30.8 Å². The quantitative estimate of drug-likeness (QED) is 0.327. The van der Waals surface area contributed by atoms with Crippen molar-refractivity contribution < 1.29 is 9.66 Å². The summed E-state index contributed by atoms with van der Waals surface area (Å²) >= 11 is 0. The minimum Gasteiger partial charge on any atom is -0.397 e. The van der Waals surface area contributed by atoms with Crippen molar-refractivity contribution in [2.45, 2.75) is 20.3 Å². The molecule has 19 heavy (non-hydrogen) atoms. The maximum atomic E-state index is 10.6. The average molecular weight is 267 g/mol. The van der Waals surface area contributed by atoms with Crippen LogP contribution in [0.5, 0.6) is 0 Å². The Labute approximate surface area is 113 Å². The highest BCUT2D eigenvalue weighted by Crippen LogP contribution is 2.23. The van der Waals surface area contributed by atoms with Crippen molar-refractivity contribution in [2.24, 2.45) is 5.92 Å². The molecule has 0 fully saturated rings. The molecule has 0 saturated heterocycles. The van der Waals surface area contributed by atoms with Gasteiger partial charge in [-0.25, -0.2) is 0 Å². The molecule has 0 atom stereocenters. The van der Waals surface area contributed by atoms with Crippen molar-refractivity contribution in [3.63, 3.8) is 0 Å². The second-order valence-corrected chi connectivity index (χ2v) is 4.78. The van der Waals surface area contributed by atoms with Crippen LogP contribution in [0.4, 0.5) is 17.1 Å². The summed E-state index contributed by atoms with van der Waals surface area (Å²) in [6.45, 7) is 6.39. The largest absolute Gasteiger partial charge is 0.397 e. The maximum Gasteiger partial charge on any atom is 0.271 e. The van der Waals surface area contributed by atoms with E-state index in [1.54, 1.807) is 6.07 Å². The third-order valence-electron chi connectivity index (χ3n) is 2.48. The van der Waals surface area contributed by atoms with Crippen LogP contribution in [-0.4, -0.2) is 24.7 Å². The standard InChI is InChI=1S/C13H21N3O3/c1-10(2)9-19-7-3-6-15-13-5-4-11(16(17)18)8-12(13)14/h4-5,8,10,15H,3,6-7,9,14H2,1-2H3. The van der Waals surface area contributed by atoms with E-state index >= 15 is 0 Å². The third kappa shape index (κ3) is 5.56. The summed E-state index contributed by atoms with van der Waals surface area (Å²) in [6, 6.07) is 4.42. The fraction of sp³-hybridized carbons (Fsp3) is 0.538. The molecule has 0 saturated carbocycles. The summed E-state index contributed by atoms with van der Waals surface area (Å²) in [5.74, 6) is 0.540. The van der Waals surface area contributed by atoms with Crippen LogP contribution in [0.15, 0.2) is 18.2 Å². The lowest BCUT2D eigenvalue weighted by molar-refractivity contribution is -0.384. The Bertz CT molecular complexity index is 422. The minimum atomic E-state index is -0.458. The van der Waals surface area contributed by atoms with Crippen LogP contribution in [-0.2, 0) is 4.74 Å². The van der Waals surface area contributed by atoms with Crippen LogP contribution in [0.1, 0.15) is 20.3 Å². The lowest BCUT2D eigenvalue weighted by atomic mass is 10.2. The molecule has 106 valence electrons. The number of nitro benzene ring substituents is 1. The zero-order valence-electron chi connectivity index (χ0n) is 11.4. The van der Waals surface area contributed by atoms with E-state index in [0.29, 0.717) is 18.2 Å². The van der Waals surface area contributed by atoms with Crippen molar-refractivity contribution in [3.05, 3.63) is 28.3 Å². The molecule has 1 aromatic rings. The molecule has 0 bridgehead atoms. The number of ether oxygens (including phenoxy) is 1. The maximum absolute atomic E-state index is 10.6. The van der Waals surface area contributed by atoms with Gasteiger partial charge in [-0.1, -0.05) is 13.8 Å². The number of anilines is 2. The Hall–Kier alpha value is -1.82. The highest BCUT2D eigenvalue weighted by molar-refractivity contribution is 5.69. The highest BCUT2D eigenvalue weighted by Gasteiger charge is 2.07. The van der Waals surface area contributed by atoms with Crippen molar-refractivity contribution in [1.29, 1.82) is 0 Å². The first-order valence-electron chi connectivity index (χ1n) is 6.36. The van der Waals surface area contributed by atoms with Gasteiger partial charge >= 0.3 is 0 Å². The Morgan fingerprint density at radius 2 is 2.21 bits per heavy atom. The molecule has 0 amide bonds. The molecule has 0 aromatic heterocycles. The number of nitrogens with one attached hydrogen (secondary N) is 1. The summed E-state index contributed by atoms with van der Waals surface area (Å²) in [5, 5.41) is 13.7.